The lowest BCUT2D eigenvalue weighted by atomic mass is 9.98. The van der Waals surface area contributed by atoms with Crippen molar-refractivity contribution < 1.29 is 9.53 Å². The van der Waals surface area contributed by atoms with E-state index in [1.54, 1.807) is 0 Å². The summed E-state index contributed by atoms with van der Waals surface area (Å²) in [7, 11) is 0. The van der Waals surface area contributed by atoms with Crippen molar-refractivity contribution in [2.45, 2.75) is 26.7 Å². The van der Waals surface area contributed by atoms with E-state index in [9.17, 15) is 4.79 Å². The summed E-state index contributed by atoms with van der Waals surface area (Å²) < 4.78 is 5.56. The summed E-state index contributed by atoms with van der Waals surface area (Å²) in [6.45, 7) is 6.52. The molecule has 0 aromatic heterocycles. The van der Waals surface area contributed by atoms with Gasteiger partial charge in [-0.3, -0.25) is 4.79 Å². The fourth-order valence-corrected chi connectivity index (χ4v) is 2.22. The van der Waals surface area contributed by atoms with Gasteiger partial charge >= 0.3 is 0 Å². The second kappa shape index (κ2) is 5.89. The van der Waals surface area contributed by atoms with Gasteiger partial charge in [-0.25, -0.2) is 0 Å². The van der Waals surface area contributed by atoms with Crippen LogP contribution in [-0.4, -0.2) is 25.5 Å². The Bertz CT molecular complexity index is 399. The summed E-state index contributed by atoms with van der Waals surface area (Å²) in [5, 5.41) is 0. The second-order valence-electron chi connectivity index (χ2n) is 4.91. The van der Waals surface area contributed by atoms with Gasteiger partial charge in [0.2, 0.25) is 0 Å². The molecular weight excluding hydrogens is 226 g/mol. The summed E-state index contributed by atoms with van der Waals surface area (Å²) in [4.78, 5) is 13.8. The number of hydrogen-bond acceptors (Lipinski definition) is 3. The van der Waals surface area contributed by atoms with Crippen molar-refractivity contribution in [3.63, 3.8) is 0 Å². The second-order valence-corrected chi connectivity index (χ2v) is 4.91. The molecular formula is C15H21NO2. The number of rotatable bonds is 4. The smallest absolute Gasteiger partial charge is 0.139 e. The lowest BCUT2D eigenvalue weighted by Crippen LogP contribution is -2.39. The summed E-state index contributed by atoms with van der Waals surface area (Å²) in [6.07, 6.45) is 1.68. The number of carbonyl (C=O) groups is 1. The van der Waals surface area contributed by atoms with Crippen LogP contribution in [0.2, 0.25) is 0 Å². The third-order valence-corrected chi connectivity index (χ3v) is 3.35. The molecule has 1 atom stereocenters. The van der Waals surface area contributed by atoms with Gasteiger partial charge in [-0.2, -0.15) is 0 Å². The number of benzene rings is 1. The standard InChI is InChI=1S/C15H21NO2/c1-3-10-18-14-6-4-13(5-7-14)16-9-8-15(17)12(2)11-16/h4-7,12H,3,8-11H2,1-2H3. The predicted octanol–water partition coefficient (Wildman–Crippen LogP) is 2.89. The van der Waals surface area contributed by atoms with Gasteiger partial charge < -0.3 is 9.64 Å². The summed E-state index contributed by atoms with van der Waals surface area (Å²) in [5.74, 6) is 1.45. The van der Waals surface area contributed by atoms with Gasteiger partial charge in [0.15, 0.2) is 0 Å². The molecule has 3 heteroatoms. The van der Waals surface area contributed by atoms with Crippen LogP contribution in [0.1, 0.15) is 26.7 Å². The predicted molar refractivity (Wildman–Crippen MR) is 73.2 cm³/mol. The number of nitrogens with zero attached hydrogens (tertiary/aromatic N) is 1. The van der Waals surface area contributed by atoms with E-state index in [0.29, 0.717) is 12.2 Å². The Morgan fingerprint density at radius 2 is 2.06 bits per heavy atom. The molecule has 1 aliphatic rings. The van der Waals surface area contributed by atoms with Gasteiger partial charge in [-0.05, 0) is 30.7 Å². The van der Waals surface area contributed by atoms with E-state index < -0.39 is 0 Å². The zero-order valence-electron chi connectivity index (χ0n) is 11.2. The number of Topliss-reactive ketones (excluding diaryl/α,β-unsaturated/α-hetero) is 1. The molecule has 1 unspecified atom stereocenters. The monoisotopic (exact) mass is 247 g/mol. The molecule has 0 saturated carbocycles. The number of piperidine rings is 1. The molecule has 1 aromatic rings. The zero-order chi connectivity index (χ0) is 13.0. The minimum atomic E-state index is 0.148. The number of anilines is 1. The maximum absolute atomic E-state index is 11.5. The Kier molecular flexibility index (Phi) is 4.24. The molecule has 1 aromatic carbocycles. The van der Waals surface area contributed by atoms with Gasteiger partial charge in [0, 0.05) is 31.1 Å². The van der Waals surface area contributed by atoms with Crippen LogP contribution in [0.4, 0.5) is 5.69 Å². The first-order valence-corrected chi connectivity index (χ1v) is 6.71. The van der Waals surface area contributed by atoms with Crippen LogP contribution in [0, 0.1) is 5.92 Å². The van der Waals surface area contributed by atoms with Gasteiger partial charge in [0.05, 0.1) is 6.61 Å². The van der Waals surface area contributed by atoms with Crippen molar-refractivity contribution in [2.24, 2.45) is 5.92 Å². The van der Waals surface area contributed by atoms with E-state index in [0.717, 1.165) is 31.9 Å². The lowest BCUT2D eigenvalue weighted by molar-refractivity contribution is -0.122. The van der Waals surface area contributed by atoms with Crippen molar-refractivity contribution in [1.29, 1.82) is 0 Å². The summed E-state index contributed by atoms with van der Waals surface area (Å²) >= 11 is 0. The van der Waals surface area contributed by atoms with E-state index in [-0.39, 0.29) is 5.92 Å². The molecule has 0 N–H and O–H groups in total. The molecule has 0 amide bonds. The third-order valence-electron chi connectivity index (χ3n) is 3.35. The van der Waals surface area contributed by atoms with Crippen LogP contribution in [0.15, 0.2) is 24.3 Å². The molecule has 1 fully saturated rings. The van der Waals surface area contributed by atoms with Crippen molar-refractivity contribution in [1.82, 2.24) is 0 Å². The van der Waals surface area contributed by atoms with Crippen LogP contribution in [0.3, 0.4) is 0 Å². The molecule has 0 bridgehead atoms. The normalized spacial score (nSPS) is 20.0. The summed E-state index contributed by atoms with van der Waals surface area (Å²) in [5.41, 5.74) is 1.18. The maximum atomic E-state index is 11.5. The molecule has 98 valence electrons. The van der Waals surface area contributed by atoms with Crippen molar-refractivity contribution >= 4 is 11.5 Å². The first-order valence-electron chi connectivity index (χ1n) is 6.71. The number of hydrogen-bond donors (Lipinski definition) is 0. The highest BCUT2D eigenvalue weighted by Crippen LogP contribution is 2.23. The van der Waals surface area contributed by atoms with E-state index in [2.05, 4.69) is 24.0 Å². The largest absolute Gasteiger partial charge is 0.494 e. The number of ether oxygens (including phenoxy) is 1. The van der Waals surface area contributed by atoms with Gasteiger partial charge in [-0.1, -0.05) is 13.8 Å². The Hall–Kier alpha value is -1.51. The van der Waals surface area contributed by atoms with E-state index >= 15 is 0 Å². The minimum Gasteiger partial charge on any atom is -0.494 e. The van der Waals surface area contributed by atoms with Gasteiger partial charge in [0.25, 0.3) is 0 Å². The Morgan fingerprint density at radius 1 is 1.33 bits per heavy atom. The highest BCUT2D eigenvalue weighted by Gasteiger charge is 2.23. The number of carbonyl (C=O) groups excluding carboxylic acids is 1. The quantitative estimate of drug-likeness (QED) is 0.819. The van der Waals surface area contributed by atoms with Crippen molar-refractivity contribution in [2.75, 3.05) is 24.6 Å². The molecule has 1 heterocycles. The first kappa shape index (κ1) is 12.9. The van der Waals surface area contributed by atoms with E-state index in [1.807, 2.05) is 19.1 Å². The highest BCUT2D eigenvalue weighted by atomic mass is 16.5. The fraction of sp³-hybridized carbons (Fsp3) is 0.533. The Balaban J connectivity index is 1.99. The van der Waals surface area contributed by atoms with E-state index in [1.165, 1.54) is 5.69 Å². The molecule has 18 heavy (non-hydrogen) atoms. The maximum Gasteiger partial charge on any atom is 0.139 e. The minimum absolute atomic E-state index is 0.148. The molecule has 1 saturated heterocycles. The topological polar surface area (TPSA) is 29.5 Å². The SMILES string of the molecule is CCCOc1ccc(N2CCC(=O)C(C)C2)cc1. The van der Waals surface area contributed by atoms with Crippen molar-refractivity contribution in [3.05, 3.63) is 24.3 Å². The molecule has 1 aliphatic heterocycles. The zero-order valence-corrected chi connectivity index (χ0v) is 11.2. The summed E-state index contributed by atoms with van der Waals surface area (Å²) in [6, 6.07) is 8.17. The van der Waals surface area contributed by atoms with Gasteiger partial charge in [-0.15, -0.1) is 0 Å². The Morgan fingerprint density at radius 3 is 2.67 bits per heavy atom. The average Bonchev–Trinajstić information content (AvgIpc) is 2.40. The lowest BCUT2D eigenvalue weighted by Gasteiger charge is -2.32. The first-order chi connectivity index (χ1) is 8.70. The average molecular weight is 247 g/mol. The van der Waals surface area contributed by atoms with Crippen LogP contribution in [0.25, 0.3) is 0 Å². The molecule has 2 rings (SSSR count). The van der Waals surface area contributed by atoms with Crippen LogP contribution in [-0.2, 0) is 4.79 Å². The molecule has 0 spiro atoms. The third kappa shape index (κ3) is 3.03. The van der Waals surface area contributed by atoms with E-state index in [4.69, 9.17) is 4.74 Å². The van der Waals surface area contributed by atoms with Crippen LogP contribution >= 0.6 is 0 Å². The molecule has 0 aliphatic carbocycles. The Labute approximate surface area is 109 Å². The number of ketones is 1. The molecule has 0 radical (unpaired) electrons. The van der Waals surface area contributed by atoms with Crippen LogP contribution in [0.5, 0.6) is 5.75 Å². The molecule has 3 nitrogen and oxygen atoms in total. The highest BCUT2D eigenvalue weighted by molar-refractivity contribution is 5.83. The fourth-order valence-electron chi connectivity index (χ4n) is 2.22. The van der Waals surface area contributed by atoms with Crippen molar-refractivity contribution in [3.8, 4) is 5.75 Å². The van der Waals surface area contributed by atoms with Crippen LogP contribution < -0.4 is 9.64 Å². The van der Waals surface area contributed by atoms with Gasteiger partial charge in [0.1, 0.15) is 11.5 Å².